The molecule has 0 saturated carbocycles. The molecule has 0 bridgehead atoms. The van der Waals surface area contributed by atoms with Gasteiger partial charge in [-0.1, -0.05) is 13.8 Å². The third kappa shape index (κ3) is 5.81. The number of carbonyl (C=O) groups is 3. The molecule has 0 aromatic heterocycles. The standard InChI is InChI=1S/C17H25NO9/c1-8(2)6-23-17-18-13-15(25-11(5)21)14(24-10(4)20)12(7-22-9(3)19)26-16(13)27-17/h8,12-16H,6-7H2,1-5H3/t12-,13-,14-,15-,16-/m1/s1. The summed E-state index contributed by atoms with van der Waals surface area (Å²) in [4.78, 5) is 38.6. The van der Waals surface area contributed by atoms with Crippen molar-refractivity contribution in [2.24, 2.45) is 10.9 Å². The van der Waals surface area contributed by atoms with E-state index in [0.29, 0.717) is 6.61 Å². The normalized spacial score (nSPS) is 29.3. The molecule has 2 rings (SSSR count). The second kappa shape index (κ2) is 9.03. The Morgan fingerprint density at radius 2 is 1.67 bits per heavy atom. The Labute approximate surface area is 157 Å². The summed E-state index contributed by atoms with van der Waals surface area (Å²) < 4.78 is 32.4. The molecular formula is C17H25NO9. The number of carbonyl (C=O) groups excluding carboxylic acids is 3. The molecule has 0 aromatic carbocycles. The quantitative estimate of drug-likeness (QED) is 0.476. The SMILES string of the molecule is CC(=O)OC[C@H]1O[C@@H]2OC(OCC(C)C)=N[C@@H]2[C@@H](OC(C)=O)[C@@H]1OC(C)=O. The Morgan fingerprint density at radius 1 is 1.04 bits per heavy atom. The molecule has 10 nitrogen and oxygen atoms in total. The summed E-state index contributed by atoms with van der Waals surface area (Å²) in [6.07, 6.45) is -3.83. The van der Waals surface area contributed by atoms with Gasteiger partial charge in [-0.2, -0.15) is 0 Å². The zero-order chi connectivity index (χ0) is 20.1. The topological polar surface area (TPSA) is 119 Å². The van der Waals surface area contributed by atoms with E-state index in [1.54, 1.807) is 0 Å². The lowest BCUT2D eigenvalue weighted by molar-refractivity contribution is -0.251. The van der Waals surface area contributed by atoms with Crippen molar-refractivity contribution in [1.82, 2.24) is 0 Å². The van der Waals surface area contributed by atoms with Crippen molar-refractivity contribution in [2.75, 3.05) is 13.2 Å². The van der Waals surface area contributed by atoms with Crippen LogP contribution in [0.5, 0.6) is 0 Å². The molecule has 0 N–H and O–H groups in total. The maximum Gasteiger partial charge on any atom is 0.386 e. The van der Waals surface area contributed by atoms with E-state index < -0.39 is 48.6 Å². The molecule has 2 heterocycles. The average Bonchev–Trinajstić information content (AvgIpc) is 2.95. The van der Waals surface area contributed by atoms with Gasteiger partial charge >= 0.3 is 24.0 Å². The van der Waals surface area contributed by atoms with Crippen LogP contribution in [0, 0.1) is 5.92 Å². The van der Waals surface area contributed by atoms with Gasteiger partial charge in [-0.15, -0.1) is 0 Å². The van der Waals surface area contributed by atoms with Crippen LogP contribution in [-0.4, -0.2) is 67.8 Å². The summed E-state index contributed by atoms with van der Waals surface area (Å²) in [5, 5.41) is 0. The number of rotatable bonds is 6. The fourth-order valence-corrected chi connectivity index (χ4v) is 2.68. The van der Waals surface area contributed by atoms with Crippen molar-refractivity contribution in [3.05, 3.63) is 0 Å². The summed E-state index contributed by atoms with van der Waals surface area (Å²) in [6.45, 7) is 7.78. The molecule has 1 fully saturated rings. The minimum Gasteiger partial charge on any atom is -0.463 e. The third-order valence-corrected chi connectivity index (χ3v) is 3.68. The van der Waals surface area contributed by atoms with Crippen LogP contribution in [0.4, 0.5) is 0 Å². The summed E-state index contributed by atoms with van der Waals surface area (Å²) in [7, 11) is 0. The van der Waals surface area contributed by atoms with Gasteiger partial charge in [-0.25, -0.2) is 4.99 Å². The third-order valence-electron chi connectivity index (χ3n) is 3.68. The molecule has 0 amide bonds. The number of ether oxygens (including phenoxy) is 6. The lowest BCUT2D eigenvalue weighted by Crippen LogP contribution is -2.60. The molecular weight excluding hydrogens is 362 g/mol. The summed E-state index contributed by atoms with van der Waals surface area (Å²) >= 11 is 0. The van der Waals surface area contributed by atoms with E-state index in [9.17, 15) is 14.4 Å². The number of hydrogen-bond donors (Lipinski definition) is 0. The highest BCUT2D eigenvalue weighted by Gasteiger charge is 2.54. The van der Waals surface area contributed by atoms with Gasteiger partial charge in [-0.05, 0) is 5.92 Å². The summed E-state index contributed by atoms with van der Waals surface area (Å²) in [6, 6.07) is -0.783. The van der Waals surface area contributed by atoms with Gasteiger partial charge in [0.1, 0.15) is 12.7 Å². The van der Waals surface area contributed by atoms with Crippen molar-refractivity contribution >= 4 is 24.0 Å². The van der Waals surface area contributed by atoms with Crippen LogP contribution < -0.4 is 0 Å². The van der Waals surface area contributed by atoms with E-state index in [-0.39, 0.29) is 18.6 Å². The van der Waals surface area contributed by atoms with Crippen molar-refractivity contribution < 1.29 is 42.8 Å². The largest absolute Gasteiger partial charge is 0.463 e. The Balaban J connectivity index is 2.24. The minimum absolute atomic E-state index is 0.00515. The molecule has 0 unspecified atom stereocenters. The number of esters is 3. The van der Waals surface area contributed by atoms with Gasteiger partial charge < -0.3 is 28.4 Å². The highest BCUT2D eigenvalue weighted by atomic mass is 16.8. The van der Waals surface area contributed by atoms with Crippen LogP contribution >= 0.6 is 0 Å². The van der Waals surface area contributed by atoms with Crippen LogP contribution in [0.25, 0.3) is 0 Å². The lowest BCUT2D eigenvalue weighted by Gasteiger charge is -2.40. The number of nitrogens with zero attached hydrogens (tertiary/aromatic N) is 1. The minimum atomic E-state index is -1.02. The van der Waals surface area contributed by atoms with Crippen LogP contribution in [0.3, 0.4) is 0 Å². The molecule has 0 aliphatic carbocycles. The molecule has 0 aromatic rings. The van der Waals surface area contributed by atoms with Crippen LogP contribution in [-0.2, 0) is 42.8 Å². The van der Waals surface area contributed by atoms with E-state index in [2.05, 4.69) is 4.99 Å². The Bertz CT molecular complexity index is 603. The Morgan fingerprint density at radius 3 is 2.22 bits per heavy atom. The maximum atomic E-state index is 11.6. The molecule has 10 heteroatoms. The Kier molecular flexibility index (Phi) is 7.00. The summed E-state index contributed by atoms with van der Waals surface area (Å²) in [5.74, 6) is -1.48. The molecule has 2 aliphatic heterocycles. The lowest BCUT2D eigenvalue weighted by atomic mass is 9.97. The molecule has 0 radical (unpaired) electrons. The van der Waals surface area contributed by atoms with Gasteiger partial charge in [-0.3, -0.25) is 14.4 Å². The van der Waals surface area contributed by atoms with Gasteiger partial charge in [0.2, 0.25) is 6.29 Å². The van der Waals surface area contributed by atoms with E-state index >= 15 is 0 Å². The van der Waals surface area contributed by atoms with Crippen LogP contribution in [0.2, 0.25) is 0 Å². The van der Waals surface area contributed by atoms with Crippen molar-refractivity contribution in [3.63, 3.8) is 0 Å². The molecule has 5 atom stereocenters. The average molecular weight is 387 g/mol. The number of aliphatic imine (C=N–C) groups is 1. The number of hydrogen-bond acceptors (Lipinski definition) is 10. The smallest absolute Gasteiger partial charge is 0.386 e. The highest BCUT2D eigenvalue weighted by molar-refractivity contribution is 5.70. The molecule has 27 heavy (non-hydrogen) atoms. The fourth-order valence-electron chi connectivity index (χ4n) is 2.68. The maximum absolute atomic E-state index is 11.6. The molecule has 2 aliphatic rings. The first-order valence-electron chi connectivity index (χ1n) is 8.68. The van der Waals surface area contributed by atoms with E-state index in [1.165, 1.54) is 20.8 Å². The van der Waals surface area contributed by atoms with Gasteiger partial charge in [0, 0.05) is 20.8 Å². The first kappa shape index (κ1) is 20.9. The Hall–Kier alpha value is -2.36. The first-order chi connectivity index (χ1) is 12.7. The van der Waals surface area contributed by atoms with Crippen molar-refractivity contribution in [2.45, 2.75) is 65.3 Å². The predicted octanol–water partition coefficient (Wildman–Crippen LogP) is 0.565. The fraction of sp³-hybridized carbons (Fsp3) is 0.765. The molecule has 1 saturated heterocycles. The number of fused-ring (bicyclic) bond motifs is 1. The highest BCUT2D eigenvalue weighted by Crippen LogP contribution is 2.33. The van der Waals surface area contributed by atoms with Crippen molar-refractivity contribution in [1.29, 1.82) is 0 Å². The summed E-state index contributed by atoms with van der Waals surface area (Å²) in [5.41, 5.74) is 0. The van der Waals surface area contributed by atoms with Crippen LogP contribution in [0.1, 0.15) is 34.6 Å². The monoisotopic (exact) mass is 387 g/mol. The first-order valence-corrected chi connectivity index (χ1v) is 8.68. The van der Waals surface area contributed by atoms with Gasteiger partial charge in [0.15, 0.2) is 18.2 Å². The zero-order valence-corrected chi connectivity index (χ0v) is 16.0. The van der Waals surface area contributed by atoms with Crippen LogP contribution in [0.15, 0.2) is 4.99 Å². The zero-order valence-electron chi connectivity index (χ0n) is 16.0. The van der Waals surface area contributed by atoms with E-state index in [1.807, 2.05) is 13.8 Å². The van der Waals surface area contributed by atoms with E-state index in [4.69, 9.17) is 28.4 Å². The van der Waals surface area contributed by atoms with Gasteiger partial charge in [0.05, 0.1) is 6.61 Å². The molecule has 0 spiro atoms. The second-order valence-corrected chi connectivity index (χ2v) is 6.70. The van der Waals surface area contributed by atoms with E-state index in [0.717, 1.165) is 0 Å². The second-order valence-electron chi connectivity index (χ2n) is 6.70. The van der Waals surface area contributed by atoms with Crippen molar-refractivity contribution in [3.8, 4) is 0 Å². The molecule has 152 valence electrons. The van der Waals surface area contributed by atoms with Gasteiger partial charge in [0.25, 0.3) is 0 Å². The predicted molar refractivity (Wildman–Crippen MR) is 89.5 cm³/mol.